The summed E-state index contributed by atoms with van der Waals surface area (Å²) >= 11 is 1.42. The molecule has 0 saturated heterocycles. The molecule has 0 atom stereocenters. The Hall–Kier alpha value is -2.45. The molecule has 7 nitrogen and oxygen atoms in total. The van der Waals surface area contributed by atoms with Crippen LogP contribution in [0.25, 0.3) is 0 Å². The van der Waals surface area contributed by atoms with Gasteiger partial charge in [-0.3, -0.25) is 15.0 Å². The number of fused-ring (bicyclic) bond motifs is 1. The number of benzene rings is 1. The molecule has 2 heterocycles. The molecule has 2 aromatic rings. The molecular formula is C18H22N4O3S. The van der Waals surface area contributed by atoms with E-state index in [1.165, 1.54) is 18.4 Å². The van der Waals surface area contributed by atoms with Gasteiger partial charge in [-0.2, -0.15) is 0 Å². The minimum Gasteiger partial charge on any atom is -0.453 e. The second-order valence-corrected chi connectivity index (χ2v) is 7.42. The Kier molecular flexibility index (Phi) is 5.53. The summed E-state index contributed by atoms with van der Waals surface area (Å²) in [5, 5.41) is 6.12. The van der Waals surface area contributed by atoms with Gasteiger partial charge in [0.1, 0.15) is 0 Å². The van der Waals surface area contributed by atoms with Crippen molar-refractivity contribution in [3.63, 3.8) is 0 Å². The Morgan fingerprint density at radius 1 is 1.31 bits per heavy atom. The smallest absolute Gasteiger partial charge is 0.413 e. The number of anilines is 2. The highest BCUT2D eigenvalue weighted by molar-refractivity contribution is 7.15. The van der Waals surface area contributed by atoms with Crippen LogP contribution in [0.3, 0.4) is 0 Å². The first-order valence-corrected chi connectivity index (χ1v) is 9.19. The zero-order valence-electron chi connectivity index (χ0n) is 15.1. The Morgan fingerprint density at radius 2 is 2.12 bits per heavy atom. The summed E-state index contributed by atoms with van der Waals surface area (Å²) in [6, 6.07) is 6.02. The fraction of sp³-hybridized carbons (Fsp3) is 0.389. The fourth-order valence-electron chi connectivity index (χ4n) is 2.84. The van der Waals surface area contributed by atoms with E-state index in [9.17, 15) is 9.59 Å². The molecule has 0 unspecified atom stereocenters. The van der Waals surface area contributed by atoms with E-state index < -0.39 is 6.09 Å². The van der Waals surface area contributed by atoms with Gasteiger partial charge in [0.05, 0.1) is 19.3 Å². The summed E-state index contributed by atoms with van der Waals surface area (Å²) in [7, 11) is 1.32. The van der Waals surface area contributed by atoms with E-state index in [-0.39, 0.29) is 5.91 Å². The lowest BCUT2D eigenvalue weighted by Crippen LogP contribution is -2.36. The van der Waals surface area contributed by atoms with Gasteiger partial charge in [0.15, 0.2) is 5.13 Å². The molecule has 0 aliphatic carbocycles. The molecular weight excluding hydrogens is 352 g/mol. The summed E-state index contributed by atoms with van der Waals surface area (Å²) in [5.41, 5.74) is 4.00. The molecule has 2 amide bonds. The largest absolute Gasteiger partial charge is 0.453 e. The van der Waals surface area contributed by atoms with Crippen LogP contribution in [0.2, 0.25) is 0 Å². The lowest BCUT2D eigenvalue weighted by atomic mass is 10.1. The van der Waals surface area contributed by atoms with E-state index >= 15 is 0 Å². The first-order valence-electron chi connectivity index (χ1n) is 8.37. The predicted octanol–water partition coefficient (Wildman–Crippen LogP) is 2.94. The van der Waals surface area contributed by atoms with Crippen molar-refractivity contribution in [3.8, 4) is 0 Å². The highest BCUT2D eigenvalue weighted by Crippen LogP contribution is 2.28. The number of hydrogen-bond acceptors (Lipinski definition) is 6. The first kappa shape index (κ1) is 18.3. The Morgan fingerprint density at radius 3 is 2.88 bits per heavy atom. The monoisotopic (exact) mass is 374 g/mol. The molecule has 138 valence electrons. The number of ether oxygens (including phenoxy) is 1. The van der Waals surface area contributed by atoms with Crippen LogP contribution in [0.15, 0.2) is 18.2 Å². The first-order chi connectivity index (χ1) is 12.4. The maximum atomic E-state index is 12.4. The Labute approximate surface area is 156 Å². The Bertz CT molecular complexity index is 834. The molecule has 3 rings (SSSR count). The standard InChI is InChI=1S/C18H22N4O3S/c1-11-4-5-12(2)14(8-11)19-16(23)10-22-7-6-13-15(9-22)26-17(20-13)21-18(24)25-3/h4-5,8H,6-7,9-10H2,1-3H3,(H,19,23)(H,20,21,24). The number of carbonyl (C=O) groups is 2. The lowest BCUT2D eigenvalue weighted by Gasteiger charge is -2.25. The molecule has 0 saturated carbocycles. The van der Waals surface area contributed by atoms with Crippen LogP contribution in [0, 0.1) is 13.8 Å². The van der Waals surface area contributed by atoms with Gasteiger partial charge in [-0.25, -0.2) is 9.78 Å². The number of hydrogen-bond donors (Lipinski definition) is 2. The third-order valence-corrected chi connectivity index (χ3v) is 5.24. The van der Waals surface area contributed by atoms with Gasteiger partial charge in [-0.05, 0) is 31.0 Å². The van der Waals surface area contributed by atoms with Crippen molar-refractivity contribution in [1.82, 2.24) is 9.88 Å². The second-order valence-electron chi connectivity index (χ2n) is 6.33. The molecule has 1 aromatic carbocycles. The molecule has 1 aliphatic heterocycles. The van der Waals surface area contributed by atoms with Gasteiger partial charge in [0.25, 0.3) is 0 Å². The number of aryl methyl sites for hydroxylation is 2. The van der Waals surface area contributed by atoms with Crippen molar-refractivity contribution >= 4 is 34.2 Å². The zero-order chi connectivity index (χ0) is 18.7. The lowest BCUT2D eigenvalue weighted by molar-refractivity contribution is -0.117. The second kappa shape index (κ2) is 7.84. The maximum absolute atomic E-state index is 12.4. The van der Waals surface area contributed by atoms with Gasteiger partial charge in [0, 0.05) is 30.1 Å². The third kappa shape index (κ3) is 4.39. The minimum absolute atomic E-state index is 0.0282. The SMILES string of the molecule is COC(=O)Nc1nc2c(s1)CN(CC(=O)Nc1cc(C)ccc1C)CC2. The number of nitrogens with zero attached hydrogens (tertiary/aromatic N) is 2. The van der Waals surface area contributed by atoms with E-state index in [1.807, 2.05) is 32.0 Å². The van der Waals surface area contributed by atoms with E-state index in [4.69, 9.17) is 0 Å². The van der Waals surface area contributed by atoms with E-state index in [2.05, 4.69) is 25.3 Å². The van der Waals surface area contributed by atoms with Crippen LogP contribution >= 0.6 is 11.3 Å². The summed E-state index contributed by atoms with van der Waals surface area (Å²) in [6.07, 6.45) is 0.228. The van der Waals surface area contributed by atoms with Gasteiger partial charge in [-0.15, -0.1) is 0 Å². The normalized spacial score (nSPS) is 13.8. The van der Waals surface area contributed by atoms with Crippen molar-refractivity contribution in [3.05, 3.63) is 39.9 Å². The minimum atomic E-state index is -0.527. The predicted molar refractivity (Wildman–Crippen MR) is 102 cm³/mol. The van der Waals surface area contributed by atoms with Crippen molar-refractivity contribution in [2.75, 3.05) is 30.8 Å². The molecule has 0 fully saturated rings. The van der Waals surface area contributed by atoms with Crippen molar-refractivity contribution in [2.45, 2.75) is 26.8 Å². The molecule has 1 aliphatic rings. The van der Waals surface area contributed by atoms with Crippen LogP contribution in [0.5, 0.6) is 0 Å². The number of methoxy groups -OCH3 is 1. The summed E-state index contributed by atoms with van der Waals surface area (Å²) < 4.78 is 4.59. The van der Waals surface area contributed by atoms with Crippen LogP contribution in [0.4, 0.5) is 15.6 Å². The van der Waals surface area contributed by atoms with Gasteiger partial charge in [0.2, 0.25) is 5.91 Å². The van der Waals surface area contributed by atoms with E-state index in [0.29, 0.717) is 18.2 Å². The molecule has 26 heavy (non-hydrogen) atoms. The van der Waals surface area contributed by atoms with Gasteiger partial charge in [-0.1, -0.05) is 23.5 Å². The highest BCUT2D eigenvalue weighted by Gasteiger charge is 2.23. The number of carbonyl (C=O) groups excluding carboxylic acids is 2. The van der Waals surface area contributed by atoms with Crippen molar-refractivity contribution in [2.24, 2.45) is 0 Å². The molecule has 0 spiro atoms. The quantitative estimate of drug-likeness (QED) is 0.860. The van der Waals surface area contributed by atoms with E-state index in [1.54, 1.807) is 0 Å². The number of amides is 2. The maximum Gasteiger partial charge on any atom is 0.413 e. The van der Waals surface area contributed by atoms with Crippen LogP contribution in [-0.2, 0) is 22.5 Å². The van der Waals surface area contributed by atoms with Crippen LogP contribution in [0.1, 0.15) is 21.7 Å². The number of nitrogens with one attached hydrogen (secondary N) is 2. The van der Waals surface area contributed by atoms with Gasteiger partial charge >= 0.3 is 6.09 Å². The average Bonchev–Trinajstić information content (AvgIpc) is 2.99. The number of rotatable bonds is 4. The van der Waals surface area contributed by atoms with E-state index in [0.717, 1.165) is 40.4 Å². The highest BCUT2D eigenvalue weighted by atomic mass is 32.1. The van der Waals surface area contributed by atoms with Crippen molar-refractivity contribution in [1.29, 1.82) is 0 Å². The van der Waals surface area contributed by atoms with Crippen LogP contribution in [-0.4, -0.2) is 42.1 Å². The Balaban J connectivity index is 1.59. The van der Waals surface area contributed by atoms with Crippen molar-refractivity contribution < 1.29 is 14.3 Å². The molecule has 0 radical (unpaired) electrons. The van der Waals surface area contributed by atoms with Gasteiger partial charge < -0.3 is 10.1 Å². The molecule has 0 bridgehead atoms. The number of thiazole rings is 1. The molecule has 8 heteroatoms. The number of aromatic nitrogens is 1. The summed E-state index contributed by atoms with van der Waals surface area (Å²) in [4.78, 5) is 31.3. The summed E-state index contributed by atoms with van der Waals surface area (Å²) in [5.74, 6) is -0.0282. The summed E-state index contributed by atoms with van der Waals surface area (Å²) in [6.45, 7) is 5.72. The zero-order valence-corrected chi connectivity index (χ0v) is 15.9. The topological polar surface area (TPSA) is 83.6 Å². The molecule has 2 N–H and O–H groups in total. The van der Waals surface area contributed by atoms with Crippen LogP contribution < -0.4 is 10.6 Å². The molecule has 1 aromatic heterocycles. The third-order valence-electron chi connectivity index (χ3n) is 4.24. The average molecular weight is 374 g/mol. The fourth-order valence-corrected chi connectivity index (χ4v) is 3.87.